The van der Waals surface area contributed by atoms with Gasteiger partial charge in [0.1, 0.15) is 6.61 Å². The Hall–Kier alpha value is -3.47. The number of methoxy groups -OCH3 is 1. The second-order valence-corrected chi connectivity index (χ2v) is 9.64. The quantitative estimate of drug-likeness (QED) is 0.146. The molecule has 0 aliphatic heterocycles. The first-order chi connectivity index (χ1) is 16.8. The second kappa shape index (κ2) is 10.9. The molecule has 1 N–H and O–H groups in total. The number of carbonyl (C=O) groups is 1. The van der Waals surface area contributed by atoms with Gasteiger partial charge < -0.3 is 9.47 Å². The maximum absolute atomic E-state index is 12.5. The van der Waals surface area contributed by atoms with E-state index < -0.39 is 10.8 Å². The van der Waals surface area contributed by atoms with E-state index >= 15 is 0 Å². The Balaban J connectivity index is 1.44. The minimum atomic E-state index is -0.475. The third-order valence-corrected chi connectivity index (χ3v) is 6.79. The molecule has 11 heteroatoms. The van der Waals surface area contributed by atoms with E-state index in [1.165, 1.54) is 36.8 Å². The van der Waals surface area contributed by atoms with E-state index in [0.29, 0.717) is 39.0 Å². The summed E-state index contributed by atoms with van der Waals surface area (Å²) < 4.78 is 13.0. The number of nitrogens with one attached hydrogen (secondary N) is 1. The van der Waals surface area contributed by atoms with Crippen LogP contribution in [0.15, 0.2) is 70.2 Å². The first kappa shape index (κ1) is 24.6. The highest BCUT2D eigenvalue weighted by atomic mass is 79.9. The SMILES string of the molecule is COc1cc(/C=N\NC(=O)c2cc3cc([N+](=O)[O-])ccc3s2)cc(Cl)c1OCc1ccc(Br)cc1. The molecule has 0 aliphatic carbocycles. The van der Waals surface area contributed by atoms with Gasteiger partial charge in [-0.3, -0.25) is 14.9 Å². The van der Waals surface area contributed by atoms with Crippen LogP contribution < -0.4 is 14.9 Å². The van der Waals surface area contributed by atoms with Crippen molar-refractivity contribution in [3.63, 3.8) is 0 Å². The lowest BCUT2D eigenvalue weighted by molar-refractivity contribution is -0.384. The van der Waals surface area contributed by atoms with E-state index in [0.717, 1.165) is 14.7 Å². The second-order valence-electron chi connectivity index (χ2n) is 7.24. The van der Waals surface area contributed by atoms with Crippen molar-refractivity contribution in [2.24, 2.45) is 5.10 Å². The minimum absolute atomic E-state index is 0.0321. The van der Waals surface area contributed by atoms with Gasteiger partial charge in [0.2, 0.25) is 0 Å². The number of non-ortho nitro benzene ring substituents is 1. The van der Waals surface area contributed by atoms with E-state index in [1.54, 1.807) is 24.3 Å². The van der Waals surface area contributed by atoms with Gasteiger partial charge in [-0.25, -0.2) is 5.43 Å². The molecule has 8 nitrogen and oxygen atoms in total. The van der Waals surface area contributed by atoms with E-state index in [-0.39, 0.29) is 5.69 Å². The zero-order valence-corrected chi connectivity index (χ0v) is 21.3. The van der Waals surface area contributed by atoms with Crippen LogP contribution in [0.1, 0.15) is 20.8 Å². The Bertz CT molecular complexity index is 1440. The molecule has 4 aromatic rings. The highest BCUT2D eigenvalue weighted by Gasteiger charge is 2.14. The van der Waals surface area contributed by atoms with Crippen molar-refractivity contribution in [3.05, 3.63) is 96.3 Å². The van der Waals surface area contributed by atoms with Gasteiger partial charge in [0.25, 0.3) is 11.6 Å². The molecule has 178 valence electrons. The summed E-state index contributed by atoms with van der Waals surface area (Å²) in [7, 11) is 1.51. The summed E-state index contributed by atoms with van der Waals surface area (Å²) in [4.78, 5) is 23.3. The zero-order chi connectivity index (χ0) is 24.9. The van der Waals surface area contributed by atoms with Crippen LogP contribution in [0.5, 0.6) is 11.5 Å². The molecule has 1 heterocycles. The molecule has 0 saturated carbocycles. The fourth-order valence-electron chi connectivity index (χ4n) is 3.17. The monoisotopic (exact) mass is 573 g/mol. The highest BCUT2D eigenvalue weighted by molar-refractivity contribution is 9.10. The first-order valence-electron chi connectivity index (χ1n) is 10.1. The number of nitro benzene ring substituents is 1. The Morgan fingerprint density at radius 2 is 1.97 bits per heavy atom. The molecule has 0 spiro atoms. The molecular formula is C24H17BrClN3O5S. The molecule has 35 heavy (non-hydrogen) atoms. The Morgan fingerprint density at radius 3 is 2.69 bits per heavy atom. The lowest BCUT2D eigenvalue weighted by Crippen LogP contribution is -2.16. The molecular weight excluding hydrogens is 558 g/mol. The lowest BCUT2D eigenvalue weighted by Gasteiger charge is -2.13. The van der Waals surface area contributed by atoms with Crippen LogP contribution >= 0.6 is 38.9 Å². The van der Waals surface area contributed by atoms with Crippen LogP contribution in [0.3, 0.4) is 0 Å². The topological polar surface area (TPSA) is 103 Å². The number of hydrazone groups is 1. The zero-order valence-electron chi connectivity index (χ0n) is 18.2. The van der Waals surface area contributed by atoms with Gasteiger partial charge >= 0.3 is 0 Å². The molecule has 4 rings (SSSR count). The number of rotatable bonds is 8. The average Bonchev–Trinajstić information content (AvgIpc) is 3.27. The number of nitro groups is 1. The van der Waals surface area contributed by atoms with E-state index in [4.69, 9.17) is 21.1 Å². The fraction of sp³-hybridized carbons (Fsp3) is 0.0833. The predicted octanol–water partition coefficient (Wildman–Crippen LogP) is 6.58. The summed E-state index contributed by atoms with van der Waals surface area (Å²) in [5, 5.41) is 15.9. The van der Waals surface area contributed by atoms with E-state index in [2.05, 4.69) is 26.5 Å². The number of hydrogen-bond donors (Lipinski definition) is 1. The van der Waals surface area contributed by atoms with Crippen LogP contribution in [0.2, 0.25) is 5.02 Å². The van der Waals surface area contributed by atoms with Gasteiger partial charge in [-0.1, -0.05) is 39.7 Å². The number of amides is 1. The van der Waals surface area contributed by atoms with Gasteiger partial charge in [0, 0.05) is 26.7 Å². The van der Waals surface area contributed by atoms with Crippen LogP contribution in [-0.2, 0) is 6.61 Å². The van der Waals surface area contributed by atoms with Crippen LogP contribution in [0.25, 0.3) is 10.1 Å². The maximum atomic E-state index is 12.5. The Kier molecular flexibility index (Phi) is 7.64. The predicted molar refractivity (Wildman–Crippen MR) is 140 cm³/mol. The Morgan fingerprint density at radius 1 is 1.20 bits per heavy atom. The van der Waals surface area contributed by atoms with Crippen molar-refractivity contribution < 1.29 is 19.2 Å². The number of thiophene rings is 1. The maximum Gasteiger partial charge on any atom is 0.281 e. The summed E-state index contributed by atoms with van der Waals surface area (Å²) in [5.74, 6) is 0.392. The minimum Gasteiger partial charge on any atom is -0.493 e. The number of ether oxygens (including phenoxy) is 2. The average molecular weight is 575 g/mol. The van der Waals surface area contributed by atoms with Crippen LogP contribution in [-0.4, -0.2) is 24.2 Å². The first-order valence-corrected chi connectivity index (χ1v) is 12.1. The summed E-state index contributed by atoms with van der Waals surface area (Å²) in [5.41, 5.74) is 3.99. The van der Waals surface area contributed by atoms with Gasteiger partial charge in [0.05, 0.1) is 28.1 Å². The summed E-state index contributed by atoms with van der Waals surface area (Å²) in [6, 6.07) is 17.1. The van der Waals surface area contributed by atoms with Crippen molar-refractivity contribution in [2.75, 3.05) is 7.11 Å². The van der Waals surface area contributed by atoms with E-state index in [1.807, 2.05) is 24.3 Å². The van der Waals surface area contributed by atoms with Crippen LogP contribution in [0, 0.1) is 10.1 Å². The molecule has 0 aliphatic rings. The summed E-state index contributed by atoms with van der Waals surface area (Å²) in [6.45, 7) is 0.311. The molecule has 0 fully saturated rings. The normalized spacial score (nSPS) is 11.1. The van der Waals surface area contributed by atoms with Crippen LogP contribution in [0.4, 0.5) is 5.69 Å². The summed E-state index contributed by atoms with van der Waals surface area (Å²) in [6.07, 6.45) is 1.43. The van der Waals surface area contributed by atoms with E-state index in [9.17, 15) is 14.9 Å². The third-order valence-electron chi connectivity index (χ3n) is 4.86. The number of nitrogens with zero attached hydrogens (tertiary/aromatic N) is 2. The number of carbonyl (C=O) groups excluding carboxylic acids is 1. The molecule has 0 unspecified atom stereocenters. The number of halogens is 2. The van der Waals surface area contributed by atoms with Gasteiger partial charge in [-0.15, -0.1) is 11.3 Å². The van der Waals surface area contributed by atoms with Gasteiger partial charge in [-0.05, 0) is 47.5 Å². The molecule has 0 saturated heterocycles. The molecule has 0 bridgehead atoms. The number of hydrogen-bond acceptors (Lipinski definition) is 7. The highest BCUT2D eigenvalue weighted by Crippen LogP contribution is 2.36. The third kappa shape index (κ3) is 5.97. The van der Waals surface area contributed by atoms with Gasteiger partial charge in [0.15, 0.2) is 11.5 Å². The largest absolute Gasteiger partial charge is 0.493 e. The lowest BCUT2D eigenvalue weighted by atomic mass is 10.2. The van der Waals surface area contributed by atoms with Gasteiger partial charge in [-0.2, -0.15) is 5.10 Å². The molecule has 0 atom stereocenters. The fourth-order valence-corrected chi connectivity index (χ4v) is 4.64. The van der Waals surface area contributed by atoms with Crippen molar-refractivity contribution >= 4 is 66.8 Å². The molecule has 1 aromatic heterocycles. The van der Waals surface area contributed by atoms with Crippen molar-refractivity contribution in [2.45, 2.75) is 6.61 Å². The molecule has 3 aromatic carbocycles. The number of fused-ring (bicyclic) bond motifs is 1. The summed E-state index contributed by atoms with van der Waals surface area (Å²) >= 11 is 11.0. The smallest absolute Gasteiger partial charge is 0.281 e. The van der Waals surface area contributed by atoms with Crippen molar-refractivity contribution in [1.82, 2.24) is 5.43 Å². The molecule has 0 radical (unpaired) electrons. The Labute approximate surface area is 217 Å². The van der Waals surface area contributed by atoms with Crippen molar-refractivity contribution in [3.8, 4) is 11.5 Å². The standard InChI is InChI=1S/C24H17BrClN3O5S/c1-33-20-9-15(8-19(26)23(20)34-13-14-2-4-17(25)5-3-14)12-27-28-24(30)22-11-16-10-18(29(31)32)6-7-21(16)35-22/h2-12H,13H2,1H3,(H,28,30)/b27-12-. The number of benzene rings is 3. The van der Waals surface area contributed by atoms with Crippen molar-refractivity contribution in [1.29, 1.82) is 0 Å². The molecule has 1 amide bonds.